The van der Waals surface area contributed by atoms with Crippen LogP contribution in [-0.2, 0) is 18.4 Å². The third kappa shape index (κ3) is 4.52. The Morgan fingerprint density at radius 3 is 2.86 bits per heavy atom. The quantitative estimate of drug-likeness (QED) is 0.532. The molecule has 4 rings (SSSR count). The molecular formula is C19H19ClN4O3S2. The summed E-state index contributed by atoms with van der Waals surface area (Å²) in [7, 11) is 3.65. The van der Waals surface area contributed by atoms with Gasteiger partial charge in [-0.2, -0.15) is 0 Å². The summed E-state index contributed by atoms with van der Waals surface area (Å²) in [6.45, 7) is 0.895. The van der Waals surface area contributed by atoms with Crippen LogP contribution in [0, 0.1) is 0 Å². The van der Waals surface area contributed by atoms with Gasteiger partial charge >= 0.3 is 0 Å². The predicted molar refractivity (Wildman–Crippen MR) is 113 cm³/mol. The van der Waals surface area contributed by atoms with Crippen LogP contribution < -0.4 is 9.47 Å². The number of ether oxygens (including phenoxy) is 2. The van der Waals surface area contributed by atoms with E-state index in [4.69, 9.17) is 21.1 Å². The fourth-order valence-corrected chi connectivity index (χ4v) is 4.87. The van der Waals surface area contributed by atoms with Crippen LogP contribution >= 0.6 is 34.7 Å². The van der Waals surface area contributed by atoms with Gasteiger partial charge in [-0.25, -0.2) is 0 Å². The summed E-state index contributed by atoms with van der Waals surface area (Å²) in [6.07, 6.45) is -0.348. The lowest BCUT2D eigenvalue weighted by Crippen LogP contribution is -2.27. The lowest BCUT2D eigenvalue weighted by Gasteiger charge is -2.25. The molecule has 0 N–H and O–H groups in total. The van der Waals surface area contributed by atoms with Crippen LogP contribution in [0.2, 0.25) is 4.34 Å². The molecule has 0 aliphatic carbocycles. The summed E-state index contributed by atoms with van der Waals surface area (Å²) in [5.74, 6) is 2.35. The molecule has 10 heteroatoms. The number of rotatable bonds is 6. The van der Waals surface area contributed by atoms with Crippen molar-refractivity contribution >= 4 is 40.6 Å². The molecule has 7 nitrogen and oxygen atoms in total. The van der Waals surface area contributed by atoms with Gasteiger partial charge in [-0.1, -0.05) is 35.5 Å². The van der Waals surface area contributed by atoms with Gasteiger partial charge in [0.15, 0.2) is 28.6 Å². The van der Waals surface area contributed by atoms with E-state index in [2.05, 4.69) is 10.2 Å². The molecule has 1 aliphatic heterocycles. The molecule has 0 fully saturated rings. The van der Waals surface area contributed by atoms with Gasteiger partial charge in [0.2, 0.25) is 5.91 Å². The Hall–Kier alpha value is -2.23. The average molecular weight is 451 g/mol. The number of hydrogen-bond acceptors (Lipinski definition) is 7. The Morgan fingerprint density at radius 1 is 1.31 bits per heavy atom. The van der Waals surface area contributed by atoms with Gasteiger partial charge in [-0.3, -0.25) is 4.79 Å². The first-order valence-corrected chi connectivity index (χ1v) is 11.1. The highest BCUT2D eigenvalue weighted by Crippen LogP contribution is 2.35. The number of nitrogens with zero attached hydrogens (tertiary/aromatic N) is 4. The summed E-state index contributed by atoms with van der Waals surface area (Å²) in [5.41, 5.74) is 0. The van der Waals surface area contributed by atoms with Crippen molar-refractivity contribution in [2.75, 3.05) is 19.4 Å². The van der Waals surface area contributed by atoms with Gasteiger partial charge in [0.1, 0.15) is 6.61 Å². The summed E-state index contributed by atoms with van der Waals surface area (Å²) in [5, 5.41) is 9.13. The molecule has 152 valence electrons. The van der Waals surface area contributed by atoms with E-state index in [1.165, 1.54) is 23.1 Å². The van der Waals surface area contributed by atoms with Crippen LogP contribution in [0.1, 0.15) is 16.8 Å². The summed E-state index contributed by atoms with van der Waals surface area (Å²) in [6, 6.07) is 11.3. The van der Waals surface area contributed by atoms with Crippen LogP contribution in [0.25, 0.3) is 0 Å². The van der Waals surface area contributed by atoms with E-state index in [9.17, 15) is 4.79 Å². The number of hydrogen-bond donors (Lipinski definition) is 0. The molecule has 1 amide bonds. The van der Waals surface area contributed by atoms with Gasteiger partial charge in [-0.15, -0.1) is 21.5 Å². The molecule has 0 spiro atoms. The smallest absolute Gasteiger partial charge is 0.233 e. The molecule has 3 aromatic rings. The number of thioether (sulfide) groups is 1. The zero-order valence-electron chi connectivity index (χ0n) is 15.9. The molecule has 1 aliphatic rings. The minimum Gasteiger partial charge on any atom is -0.485 e. The fourth-order valence-electron chi connectivity index (χ4n) is 2.87. The molecular weight excluding hydrogens is 432 g/mol. The van der Waals surface area contributed by atoms with Crippen molar-refractivity contribution in [1.82, 2.24) is 19.7 Å². The highest BCUT2D eigenvalue weighted by atomic mass is 35.5. The number of thiophene rings is 1. The Bertz CT molecular complexity index is 1020. The lowest BCUT2D eigenvalue weighted by atomic mass is 10.2. The van der Waals surface area contributed by atoms with Gasteiger partial charge in [0, 0.05) is 19.0 Å². The number of aromatic nitrogens is 3. The van der Waals surface area contributed by atoms with Gasteiger partial charge in [0.25, 0.3) is 0 Å². The van der Waals surface area contributed by atoms with Crippen LogP contribution in [-0.4, -0.2) is 45.0 Å². The van der Waals surface area contributed by atoms with Crippen molar-refractivity contribution in [2.45, 2.75) is 17.8 Å². The molecule has 3 heterocycles. The number of amides is 1. The van der Waals surface area contributed by atoms with Crippen molar-refractivity contribution < 1.29 is 14.3 Å². The molecule has 29 heavy (non-hydrogen) atoms. The normalized spacial score (nSPS) is 15.3. The predicted octanol–water partition coefficient (Wildman–Crippen LogP) is 3.79. The topological polar surface area (TPSA) is 69.5 Å². The standard InChI is InChI=1S/C19H19ClN4O3S2/c1-23(9-12-7-8-16(20)29-12)17(25)11-28-19-22-21-18(24(19)2)15-10-26-13-5-3-4-6-14(13)27-15/h3-8,15H,9-11H2,1-2H3/t15-/m1/s1. The van der Waals surface area contributed by atoms with Crippen LogP contribution in [0.15, 0.2) is 41.6 Å². The van der Waals surface area contributed by atoms with E-state index in [1.54, 1.807) is 11.9 Å². The Kier molecular flexibility index (Phi) is 5.98. The van der Waals surface area contributed by atoms with E-state index < -0.39 is 0 Å². The van der Waals surface area contributed by atoms with E-state index in [1.807, 2.05) is 48.0 Å². The van der Waals surface area contributed by atoms with E-state index in [0.717, 1.165) is 15.0 Å². The van der Waals surface area contributed by atoms with Crippen molar-refractivity contribution in [2.24, 2.45) is 7.05 Å². The number of carbonyl (C=O) groups excluding carboxylic acids is 1. The Balaban J connectivity index is 1.36. The molecule has 0 unspecified atom stereocenters. The highest BCUT2D eigenvalue weighted by molar-refractivity contribution is 7.99. The van der Waals surface area contributed by atoms with Crippen LogP contribution in [0.5, 0.6) is 11.5 Å². The molecule has 1 aromatic carbocycles. The number of carbonyl (C=O) groups is 1. The second-order valence-electron chi connectivity index (χ2n) is 6.51. The fraction of sp³-hybridized carbons (Fsp3) is 0.316. The average Bonchev–Trinajstić information content (AvgIpc) is 3.30. The maximum absolute atomic E-state index is 12.5. The Labute approximate surface area is 181 Å². The molecule has 0 radical (unpaired) electrons. The summed E-state index contributed by atoms with van der Waals surface area (Å²) < 4.78 is 14.3. The zero-order valence-corrected chi connectivity index (χ0v) is 18.3. The first kappa shape index (κ1) is 20.1. The maximum Gasteiger partial charge on any atom is 0.233 e. The van der Waals surface area contributed by atoms with Crippen molar-refractivity contribution in [1.29, 1.82) is 0 Å². The van der Waals surface area contributed by atoms with Crippen LogP contribution in [0.3, 0.4) is 0 Å². The molecule has 1 atom stereocenters. The first-order chi connectivity index (χ1) is 14.0. The SMILES string of the molecule is CN(Cc1ccc(Cl)s1)C(=O)CSc1nnc([C@H]2COc3ccccc3O2)n1C. The number of para-hydroxylation sites is 2. The molecule has 0 saturated carbocycles. The monoisotopic (exact) mass is 450 g/mol. The minimum absolute atomic E-state index is 0.00949. The van der Waals surface area contributed by atoms with E-state index in [-0.39, 0.29) is 17.8 Å². The van der Waals surface area contributed by atoms with Gasteiger partial charge in [0.05, 0.1) is 16.6 Å². The van der Waals surface area contributed by atoms with Crippen molar-refractivity contribution in [3.8, 4) is 11.5 Å². The lowest BCUT2D eigenvalue weighted by molar-refractivity contribution is -0.127. The summed E-state index contributed by atoms with van der Waals surface area (Å²) in [4.78, 5) is 15.2. The zero-order chi connectivity index (χ0) is 20.4. The minimum atomic E-state index is -0.348. The largest absolute Gasteiger partial charge is 0.485 e. The first-order valence-electron chi connectivity index (χ1n) is 8.90. The Morgan fingerprint density at radius 2 is 2.10 bits per heavy atom. The number of fused-ring (bicyclic) bond motifs is 1. The number of benzene rings is 1. The molecule has 0 bridgehead atoms. The van der Waals surface area contributed by atoms with E-state index >= 15 is 0 Å². The van der Waals surface area contributed by atoms with E-state index in [0.29, 0.717) is 29.9 Å². The van der Waals surface area contributed by atoms with Crippen molar-refractivity contribution in [3.63, 3.8) is 0 Å². The van der Waals surface area contributed by atoms with Gasteiger partial charge in [-0.05, 0) is 24.3 Å². The second-order valence-corrected chi connectivity index (χ2v) is 9.25. The van der Waals surface area contributed by atoms with Crippen molar-refractivity contribution in [3.05, 3.63) is 51.4 Å². The summed E-state index contributed by atoms with van der Waals surface area (Å²) >= 11 is 8.78. The highest BCUT2D eigenvalue weighted by Gasteiger charge is 2.27. The molecule has 0 saturated heterocycles. The number of halogens is 1. The molecule has 2 aromatic heterocycles. The third-order valence-electron chi connectivity index (χ3n) is 4.44. The third-order valence-corrected chi connectivity index (χ3v) is 6.66. The van der Waals surface area contributed by atoms with Gasteiger partial charge < -0.3 is 18.9 Å². The maximum atomic E-state index is 12.5. The second kappa shape index (κ2) is 8.64. The van der Waals surface area contributed by atoms with Crippen LogP contribution in [0.4, 0.5) is 0 Å².